The maximum absolute atomic E-state index is 11.9. The average molecular weight is 330 g/mol. The van der Waals surface area contributed by atoms with E-state index in [9.17, 15) is 4.79 Å². The summed E-state index contributed by atoms with van der Waals surface area (Å²) in [6.45, 7) is 2.52. The Labute approximate surface area is 139 Å². The number of aromatic nitrogens is 1. The molecule has 0 radical (unpaired) electrons. The highest BCUT2D eigenvalue weighted by Crippen LogP contribution is 2.31. The molecule has 0 saturated carbocycles. The van der Waals surface area contributed by atoms with Crippen LogP contribution in [0.25, 0.3) is 10.9 Å². The van der Waals surface area contributed by atoms with E-state index in [0.717, 1.165) is 16.5 Å². The van der Waals surface area contributed by atoms with E-state index < -0.39 is 5.97 Å². The van der Waals surface area contributed by atoms with E-state index in [-0.39, 0.29) is 0 Å². The maximum Gasteiger partial charge on any atom is 0.354 e. The molecule has 3 aromatic rings. The van der Waals surface area contributed by atoms with Gasteiger partial charge in [0.15, 0.2) is 0 Å². The monoisotopic (exact) mass is 329 g/mol. The van der Waals surface area contributed by atoms with E-state index in [2.05, 4.69) is 4.98 Å². The maximum atomic E-state index is 11.9. The van der Waals surface area contributed by atoms with E-state index in [1.807, 2.05) is 30.3 Å². The van der Waals surface area contributed by atoms with Crippen molar-refractivity contribution in [2.24, 2.45) is 0 Å². The molecule has 0 aliphatic carbocycles. The third kappa shape index (κ3) is 3.48. The summed E-state index contributed by atoms with van der Waals surface area (Å²) in [6.07, 6.45) is 0. The van der Waals surface area contributed by atoms with Gasteiger partial charge in [-0.25, -0.2) is 4.79 Å². The number of H-pyrrole nitrogens is 1. The molecule has 2 aromatic carbocycles. The molecule has 0 fully saturated rings. The SMILES string of the molecule is CCOC(=O)c1cc2cc(Cl)cc(OCc3ccccc3)c2[nH]1. The normalized spacial score (nSPS) is 10.7. The van der Waals surface area contributed by atoms with E-state index in [4.69, 9.17) is 21.1 Å². The Morgan fingerprint density at radius 3 is 2.70 bits per heavy atom. The molecule has 1 aromatic heterocycles. The van der Waals surface area contributed by atoms with Gasteiger partial charge in [-0.15, -0.1) is 0 Å². The predicted octanol–water partition coefficient (Wildman–Crippen LogP) is 4.58. The summed E-state index contributed by atoms with van der Waals surface area (Å²) in [7, 11) is 0. The van der Waals surface area contributed by atoms with Crippen molar-refractivity contribution in [1.29, 1.82) is 0 Å². The fourth-order valence-corrected chi connectivity index (χ4v) is 2.56. The second-order valence-electron chi connectivity index (χ2n) is 5.05. The molecule has 0 aliphatic rings. The van der Waals surface area contributed by atoms with Crippen LogP contribution in [-0.2, 0) is 11.3 Å². The molecular weight excluding hydrogens is 314 g/mol. The van der Waals surface area contributed by atoms with Crippen LogP contribution >= 0.6 is 11.6 Å². The molecule has 0 unspecified atom stereocenters. The number of benzene rings is 2. The molecule has 4 nitrogen and oxygen atoms in total. The highest BCUT2D eigenvalue weighted by Gasteiger charge is 2.14. The van der Waals surface area contributed by atoms with Crippen LogP contribution in [-0.4, -0.2) is 17.6 Å². The lowest BCUT2D eigenvalue weighted by atomic mass is 10.2. The molecule has 1 heterocycles. The number of carbonyl (C=O) groups is 1. The summed E-state index contributed by atoms with van der Waals surface area (Å²) in [5.41, 5.74) is 2.17. The van der Waals surface area contributed by atoms with Gasteiger partial charge in [0, 0.05) is 16.5 Å². The third-order valence-corrected chi connectivity index (χ3v) is 3.61. The number of esters is 1. The number of hydrogen-bond acceptors (Lipinski definition) is 3. The number of halogens is 1. The highest BCUT2D eigenvalue weighted by molar-refractivity contribution is 6.31. The zero-order chi connectivity index (χ0) is 16.2. The van der Waals surface area contributed by atoms with E-state index >= 15 is 0 Å². The largest absolute Gasteiger partial charge is 0.487 e. The first kappa shape index (κ1) is 15.4. The number of carbonyl (C=O) groups excluding carboxylic acids is 1. The van der Waals surface area contributed by atoms with Crippen LogP contribution in [0.1, 0.15) is 23.0 Å². The van der Waals surface area contributed by atoms with Crippen LogP contribution in [0.3, 0.4) is 0 Å². The molecule has 0 bridgehead atoms. The Balaban J connectivity index is 1.91. The van der Waals surface area contributed by atoms with Crippen LogP contribution in [0.2, 0.25) is 5.02 Å². The smallest absolute Gasteiger partial charge is 0.354 e. The molecular formula is C18H16ClNO3. The van der Waals surface area contributed by atoms with Gasteiger partial charge in [0.25, 0.3) is 0 Å². The number of rotatable bonds is 5. The number of fused-ring (bicyclic) bond motifs is 1. The lowest BCUT2D eigenvalue weighted by molar-refractivity contribution is 0.0520. The number of hydrogen-bond donors (Lipinski definition) is 1. The van der Waals surface area contributed by atoms with Gasteiger partial charge in [0.2, 0.25) is 0 Å². The molecule has 3 rings (SSSR count). The van der Waals surface area contributed by atoms with Crippen molar-refractivity contribution in [2.75, 3.05) is 6.61 Å². The minimum atomic E-state index is -0.395. The summed E-state index contributed by atoms with van der Waals surface area (Å²) in [5.74, 6) is 0.209. The summed E-state index contributed by atoms with van der Waals surface area (Å²) < 4.78 is 10.9. The van der Waals surface area contributed by atoms with Crippen LogP contribution in [0.4, 0.5) is 0 Å². The molecule has 0 atom stereocenters. The lowest BCUT2D eigenvalue weighted by Gasteiger charge is -2.08. The fourth-order valence-electron chi connectivity index (χ4n) is 2.34. The van der Waals surface area contributed by atoms with Crippen LogP contribution < -0.4 is 4.74 Å². The molecule has 5 heteroatoms. The van der Waals surface area contributed by atoms with Crippen molar-refractivity contribution in [1.82, 2.24) is 4.98 Å². The predicted molar refractivity (Wildman–Crippen MR) is 90.0 cm³/mol. The van der Waals surface area contributed by atoms with Gasteiger partial charge in [-0.1, -0.05) is 41.9 Å². The van der Waals surface area contributed by atoms with Crippen molar-refractivity contribution >= 4 is 28.5 Å². The molecule has 1 N–H and O–H groups in total. The highest BCUT2D eigenvalue weighted by atomic mass is 35.5. The van der Waals surface area contributed by atoms with Crippen molar-refractivity contribution in [3.63, 3.8) is 0 Å². The van der Waals surface area contributed by atoms with E-state index in [0.29, 0.717) is 29.7 Å². The average Bonchev–Trinajstić information content (AvgIpc) is 2.98. The summed E-state index contributed by atoms with van der Waals surface area (Å²) in [6, 6.07) is 15.1. The van der Waals surface area contributed by atoms with Gasteiger partial charge >= 0.3 is 5.97 Å². The number of nitrogens with one attached hydrogen (secondary N) is 1. The Morgan fingerprint density at radius 1 is 1.17 bits per heavy atom. The van der Waals surface area contributed by atoms with Crippen molar-refractivity contribution in [3.8, 4) is 5.75 Å². The summed E-state index contributed by atoms with van der Waals surface area (Å²) in [4.78, 5) is 14.9. The van der Waals surface area contributed by atoms with Crippen molar-refractivity contribution in [3.05, 3.63) is 64.8 Å². The van der Waals surface area contributed by atoms with Gasteiger partial charge < -0.3 is 14.5 Å². The number of ether oxygens (including phenoxy) is 2. The molecule has 118 valence electrons. The topological polar surface area (TPSA) is 51.3 Å². The molecule has 0 aliphatic heterocycles. The van der Waals surface area contributed by atoms with Crippen molar-refractivity contribution in [2.45, 2.75) is 13.5 Å². The van der Waals surface area contributed by atoms with Crippen LogP contribution in [0.15, 0.2) is 48.5 Å². The summed E-state index contributed by atoms with van der Waals surface area (Å²) >= 11 is 6.15. The van der Waals surface area contributed by atoms with Crippen LogP contribution in [0.5, 0.6) is 5.75 Å². The summed E-state index contributed by atoms with van der Waals surface area (Å²) in [5, 5.41) is 1.36. The molecule has 0 amide bonds. The second kappa shape index (κ2) is 6.75. The van der Waals surface area contributed by atoms with Gasteiger partial charge in [-0.05, 0) is 24.6 Å². The Bertz CT molecular complexity index is 827. The second-order valence-corrected chi connectivity index (χ2v) is 5.48. The van der Waals surface area contributed by atoms with Gasteiger partial charge in [-0.2, -0.15) is 0 Å². The fraction of sp³-hybridized carbons (Fsp3) is 0.167. The van der Waals surface area contributed by atoms with Crippen molar-refractivity contribution < 1.29 is 14.3 Å². The van der Waals surface area contributed by atoms with Gasteiger partial charge in [-0.3, -0.25) is 0 Å². The van der Waals surface area contributed by atoms with Crippen LogP contribution in [0, 0.1) is 0 Å². The lowest BCUT2D eigenvalue weighted by Crippen LogP contribution is -2.04. The first-order chi connectivity index (χ1) is 11.2. The van der Waals surface area contributed by atoms with Gasteiger partial charge in [0.05, 0.1) is 12.1 Å². The Morgan fingerprint density at radius 2 is 1.96 bits per heavy atom. The first-order valence-corrected chi connectivity index (χ1v) is 7.71. The standard InChI is InChI=1S/C18H16ClNO3/c1-2-22-18(21)15-9-13-8-14(19)10-16(17(13)20-15)23-11-12-6-4-3-5-7-12/h3-10,20H,2,11H2,1H3. The van der Waals surface area contributed by atoms with Gasteiger partial charge in [0.1, 0.15) is 18.1 Å². The minimum absolute atomic E-state index is 0.326. The quantitative estimate of drug-likeness (QED) is 0.697. The zero-order valence-corrected chi connectivity index (χ0v) is 13.4. The zero-order valence-electron chi connectivity index (χ0n) is 12.6. The molecule has 0 saturated heterocycles. The number of aromatic amines is 1. The minimum Gasteiger partial charge on any atom is -0.487 e. The molecule has 0 spiro atoms. The Hall–Kier alpha value is -2.46. The van der Waals surface area contributed by atoms with E-state index in [1.54, 1.807) is 25.1 Å². The Kier molecular flexibility index (Phi) is 4.53. The first-order valence-electron chi connectivity index (χ1n) is 7.33. The van der Waals surface area contributed by atoms with E-state index in [1.165, 1.54) is 0 Å². The molecule has 23 heavy (non-hydrogen) atoms. The third-order valence-electron chi connectivity index (χ3n) is 3.39.